The summed E-state index contributed by atoms with van der Waals surface area (Å²) < 4.78 is 4.46. The molecule has 0 radical (unpaired) electrons. The van der Waals surface area contributed by atoms with Gasteiger partial charge in [0.05, 0.1) is 0 Å². The van der Waals surface area contributed by atoms with Crippen LogP contribution in [0.5, 0.6) is 0 Å². The van der Waals surface area contributed by atoms with E-state index in [-0.39, 0.29) is 12.8 Å². The first-order chi connectivity index (χ1) is 5.42. The number of rotatable bonds is 5. The van der Waals surface area contributed by atoms with Gasteiger partial charge in [-0.2, -0.15) is 0 Å². The van der Waals surface area contributed by atoms with Gasteiger partial charge >= 0.3 is 11.9 Å². The number of methoxy groups -OCH3 is 1. The van der Waals surface area contributed by atoms with Gasteiger partial charge in [-0.3, -0.25) is 10.5 Å². The fourth-order valence-electron chi connectivity index (χ4n) is 0.589. The van der Waals surface area contributed by atoms with Gasteiger partial charge in [-0.15, -0.1) is 0 Å². The van der Waals surface area contributed by atoms with Crippen molar-refractivity contribution in [1.29, 1.82) is 0 Å². The summed E-state index contributed by atoms with van der Waals surface area (Å²) in [5.41, 5.74) is 3.31. The third-order valence-electron chi connectivity index (χ3n) is 1.44. The van der Waals surface area contributed by atoms with Gasteiger partial charge in [-0.25, -0.2) is 4.79 Å². The van der Waals surface area contributed by atoms with Crippen molar-refractivity contribution in [2.45, 2.75) is 18.6 Å². The molecule has 0 bridgehead atoms. The largest absolute Gasteiger partial charge is 0.481 e. The molecule has 0 aromatic carbocycles. The molecule has 4 N–H and O–H groups in total. The van der Waals surface area contributed by atoms with Crippen LogP contribution >= 0.6 is 0 Å². The Morgan fingerprint density at radius 1 is 1.50 bits per heavy atom. The summed E-state index contributed by atoms with van der Waals surface area (Å²) in [6.07, 6.45) is -0.592. The number of aliphatic carboxylic acids is 2. The third-order valence-corrected chi connectivity index (χ3v) is 1.44. The molecule has 0 aromatic rings. The van der Waals surface area contributed by atoms with Gasteiger partial charge < -0.3 is 14.9 Å². The molecular formula is C6H11NO5. The maximum atomic E-state index is 10.4. The van der Waals surface area contributed by atoms with E-state index < -0.39 is 17.7 Å². The topological polar surface area (TPSA) is 110 Å². The van der Waals surface area contributed by atoms with Crippen LogP contribution in [0.4, 0.5) is 0 Å². The van der Waals surface area contributed by atoms with E-state index in [2.05, 4.69) is 4.74 Å². The molecule has 0 unspecified atom stereocenters. The maximum absolute atomic E-state index is 10.4. The molecule has 6 nitrogen and oxygen atoms in total. The van der Waals surface area contributed by atoms with Gasteiger partial charge in [0.15, 0.2) is 0 Å². The lowest BCUT2D eigenvalue weighted by atomic mass is 10.1. The fourth-order valence-corrected chi connectivity index (χ4v) is 0.589. The zero-order valence-electron chi connectivity index (χ0n) is 6.61. The van der Waals surface area contributed by atoms with E-state index in [0.29, 0.717) is 0 Å². The molecule has 0 aliphatic rings. The molecule has 1 atom stereocenters. The third kappa shape index (κ3) is 2.85. The zero-order chi connectivity index (χ0) is 9.78. The van der Waals surface area contributed by atoms with Gasteiger partial charge in [0, 0.05) is 20.0 Å². The Labute approximate surface area is 68.9 Å². The molecule has 0 fully saturated rings. The summed E-state index contributed by atoms with van der Waals surface area (Å²) in [6, 6.07) is 0. The highest BCUT2D eigenvalue weighted by molar-refractivity contribution is 5.77. The summed E-state index contributed by atoms with van der Waals surface area (Å²) in [5.74, 6) is -2.48. The molecule has 12 heavy (non-hydrogen) atoms. The highest BCUT2D eigenvalue weighted by Gasteiger charge is 2.34. The second kappa shape index (κ2) is 4.03. The van der Waals surface area contributed by atoms with E-state index in [9.17, 15) is 9.59 Å². The van der Waals surface area contributed by atoms with Crippen LogP contribution in [0.25, 0.3) is 0 Å². The molecule has 70 valence electrons. The Balaban J connectivity index is 4.15. The first kappa shape index (κ1) is 10.9. The molecule has 0 rings (SSSR count). The van der Waals surface area contributed by atoms with E-state index in [1.165, 1.54) is 0 Å². The summed E-state index contributed by atoms with van der Waals surface area (Å²) in [6.45, 7) is 0. The monoisotopic (exact) mass is 177 g/mol. The SMILES string of the molecule is CO[C@](N)(CCC(=O)O)C(=O)O. The van der Waals surface area contributed by atoms with Crippen molar-refractivity contribution < 1.29 is 24.5 Å². The molecule has 0 saturated carbocycles. The number of carboxylic acids is 2. The van der Waals surface area contributed by atoms with Crippen molar-refractivity contribution in [3.8, 4) is 0 Å². The van der Waals surface area contributed by atoms with Crippen LogP contribution in [-0.2, 0) is 14.3 Å². The Kier molecular flexibility index (Phi) is 3.65. The van der Waals surface area contributed by atoms with Crippen LogP contribution in [0.2, 0.25) is 0 Å². The second-order valence-corrected chi connectivity index (χ2v) is 2.29. The molecule has 0 saturated heterocycles. The second-order valence-electron chi connectivity index (χ2n) is 2.29. The number of carboxylic acid groups (broad SMARTS) is 2. The van der Waals surface area contributed by atoms with E-state index in [1.54, 1.807) is 0 Å². The molecule has 6 heteroatoms. The molecule has 0 aliphatic heterocycles. The molecular weight excluding hydrogens is 166 g/mol. The van der Waals surface area contributed by atoms with Crippen molar-refractivity contribution in [2.24, 2.45) is 5.73 Å². The lowest BCUT2D eigenvalue weighted by molar-refractivity contribution is -0.163. The van der Waals surface area contributed by atoms with E-state index in [4.69, 9.17) is 15.9 Å². The van der Waals surface area contributed by atoms with Crippen molar-refractivity contribution >= 4 is 11.9 Å². The lowest BCUT2D eigenvalue weighted by Crippen LogP contribution is -2.49. The summed E-state index contributed by atoms with van der Waals surface area (Å²) in [7, 11) is 1.12. The van der Waals surface area contributed by atoms with Crippen LogP contribution in [-0.4, -0.2) is 35.0 Å². The summed E-state index contributed by atoms with van der Waals surface area (Å²) >= 11 is 0. The highest BCUT2D eigenvalue weighted by atomic mass is 16.5. The van der Waals surface area contributed by atoms with Crippen molar-refractivity contribution in [3.63, 3.8) is 0 Å². The minimum atomic E-state index is -1.89. The van der Waals surface area contributed by atoms with Crippen LogP contribution in [0.1, 0.15) is 12.8 Å². The predicted octanol–water partition coefficient (Wildman–Crippen LogP) is -0.763. The van der Waals surface area contributed by atoms with Crippen molar-refractivity contribution in [1.82, 2.24) is 0 Å². The van der Waals surface area contributed by atoms with Crippen LogP contribution < -0.4 is 5.73 Å². The normalized spacial score (nSPS) is 15.2. The number of hydrogen-bond donors (Lipinski definition) is 3. The minimum absolute atomic E-state index is 0.256. The summed E-state index contributed by atoms with van der Waals surface area (Å²) in [4.78, 5) is 20.5. The van der Waals surface area contributed by atoms with E-state index >= 15 is 0 Å². The molecule has 0 heterocycles. The quantitative estimate of drug-likeness (QED) is 0.476. The van der Waals surface area contributed by atoms with E-state index in [0.717, 1.165) is 7.11 Å². The molecule has 0 aliphatic carbocycles. The fraction of sp³-hybridized carbons (Fsp3) is 0.667. The number of hydrogen-bond acceptors (Lipinski definition) is 4. The maximum Gasteiger partial charge on any atom is 0.351 e. The van der Waals surface area contributed by atoms with Gasteiger partial charge in [0.2, 0.25) is 5.72 Å². The Morgan fingerprint density at radius 3 is 2.25 bits per heavy atom. The summed E-state index contributed by atoms with van der Waals surface area (Å²) in [5, 5.41) is 16.8. The van der Waals surface area contributed by atoms with Crippen LogP contribution in [0.15, 0.2) is 0 Å². The molecule has 0 amide bonds. The average Bonchev–Trinajstić information content (AvgIpc) is 1.99. The zero-order valence-corrected chi connectivity index (χ0v) is 6.61. The Bertz CT molecular complexity index is 192. The lowest BCUT2D eigenvalue weighted by Gasteiger charge is -2.21. The van der Waals surface area contributed by atoms with Gasteiger partial charge in [-0.05, 0) is 0 Å². The number of ether oxygens (including phenoxy) is 1. The Hall–Kier alpha value is -1.14. The first-order valence-electron chi connectivity index (χ1n) is 3.21. The molecule has 0 aromatic heterocycles. The smallest absolute Gasteiger partial charge is 0.351 e. The Morgan fingerprint density at radius 2 is 2.00 bits per heavy atom. The molecule has 0 spiro atoms. The minimum Gasteiger partial charge on any atom is -0.481 e. The first-order valence-corrected chi connectivity index (χ1v) is 3.21. The number of nitrogens with two attached hydrogens (primary N) is 1. The van der Waals surface area contributed by atoms with Crippen LogP contribution in [0.3, 0.4) is 0 Å². The van der Waals surface area contributed by atoms with Gasteiger partial charge in [0.25, 0.3) is 0 Å². The van der Waals surface area contributed by atoms with Gasteiger partial charge in [-0.1, -0.05) is 0 Å². The van der Waals surface area contributed by atoms with Crippen molar-refractivity contribution in [2.75, 3.05) is 7.11 Å². The van der Waals surface area contributed by atoms with Crippen LogP contribution in [0, 0.1) is 0 Å². The standard InChI is InChI=1S/C6H11NO5/c1-12-6(7,5(10)11)3-2-4(8)9/h2-3,7H2,1H3,(H,8,9)(H,10,11)/t6-/m1/s1. The highest BCUT2D eigenvalue weighted by Crippen LogP contribution is 2.10. The van der Waals surface area contributed by atoms with Crippen molar-refractivity contribution in [3.05, 3.63) is 0 Å². The van der Waals surface area contributed by atoms with Gasteiger partial charge in [0.1, 0.15) is 0 Å². The predicted molar refractivity (Wildman–Crippen MR) is 38.4 cm³/mol. The average molecular weight is 177 g/mol. The van der Waals surface area contributed by atoms with E-state index in [1.807, 2.05) is 0 Å². The number of carbonyl (C=O) groups is 2.